The molecule has 0 amide bonds. The molecule has 8 heteroatoms. The van der Waals surface area contributed by atoms with Crippen molar-refractivity contribution in [3.8, 4) is 5.75 Å². The molecule has 4 nitrogen and oxygen atoms in total. The van der Waals surface area contributed by atoms with E-state index in [2.05, 4.69) is 10.1 Å². The highest BCUT2D eigenvalue weighted by molar-refractivity contribution is 5.73. The highest BCUT2D eigenvalue weighted by Crippen LogP contribution is 2.22. The average Bonchev–Trinajstić information content (AvgIpc) is 2.57. The number of alkyl halides is 3. The van der Waals surface area contributed by atoms with Crippen LogP contribution >= 0.6 is 0 Å². The molecule has 0 heterocycles. The molecule has 0 aromatic heterocycles. The van der Waals surface area contributed by atoms with Gasteiger partial charge in [0.1, 0.15) is 6.04 Å². The number of ether oxygens (including phenoxy) is 1. The van der Waals surface area contributed by atoms with Crippen LogP contribution in [0.2, 0.25) is 0 Å². The molecule has 140 valence electrons. The molecule has 2 aromatic carbocycles. The number of benzene rings is 2. The summed E-state index contributed by atoms with van der Waals surface area (Å²) in [6.45, 7) is -1.54. The number of hydrogen-bond acceptors (Lipinski definition) is 3. The highest BCUT2D eigenvalue weighted by atomic mass is 19.4. The molecular formula is C18H17F4NO3. The summed E-state index contributed by atoms with van der Waals surface area (Å²) < 4.78 is 54.5. The minimum Gasteiger partial charge on any atom is -0.481 e. The third kappa shape index (κ3) is 6.36. The molecule has 2 aromatic rings. The van der Waals surface area contributed by atoms with Crippen molar-refractivity contribution in [2.45, 2.75) is 25.2 Å². The second-order valence-electron chi connectivity index (χ2n) is 5.63. The van der Waals surface area contributed by atoms with Gasteiger partial charge in [-0.2, -0.15) is 13.2 Å². The SMILES string of the molecule is O=C(O)[C@@H](Cc1ccccc1)NCc1ccc(OCC(F)(F)F)c(F)c1. The van der Waals surface area contributed by atoms with E-state index in [1.165, 1.54) is 6.07 Å². The topological polar surface area (TPSA) is 58.6 Å². The number of carboxylic acids is 1. The van der Waals surface area contributed by atoms with Crippen molar-refractivity contribution in [1.82, 2.24) is 5.32 Å². The Labute approximate surface area is 147 Å². The van der Waals surface area contributed by atoms with Gasteiger partial charge in [-0.1, -0.05) is 36.4 Å². The lowest BCUT2D eigenvalue weighted by Crippen LogP contribution is -2.38. The zero-order valence-electron chi connectivity index (χ0n) is 13.6. The second kappa shape index (κ2) is 8.66. The maximum atomic E-state index is 13.8. The first kappa shape index (κ1) is 19.7. The first-order valence-electron chi connectivity index (χ1n) is 7.72. The predicted octanol–water partition coefficient (Wildman–Crippen LogP) is 3.55. The molecule has 0 bridgehead atoms. The van der Waals surface area contributed by atoms with E-state index >= 15 is 0 Å². The lowest BCUT2D eigenvalue weighted by molar-refractivity contribution is -0.153. The van der Waals surface area contributed by atoms with Crippen LogP contribution < -0.4 is 10.1 Å². The standard InChI is InChI=1S/C18H17F4NO3/c19-14-8-13(6-7-16(14)26-11-18(20,21)22)10-23-15(17(24)25)9-12-4-2-1-3-5-12/h1-8,15,23H,9-11H2,(H,24,25)/t15-/m1/s1. The summed E-state index contributed by atoms with van der Waals surface area (Å²) in [7, 11) is 0. The Balaban J connectivity index is 1.96. The zero-order chi connectivity index (χ0) is 19.2. The second-order valence-corrected chi connectivity index (χ2v) is 5.63. The molecule has 0 aliphatic heterocycles. The van der Waals surface area contributed by atoms with E-state index in [0.717, 1.165) is 17.7 Å². The van der Waals surface area contributed by atoms with Crippen molar-refractivity contribution in [1.29, 1.82) is 0 Å². The summed E-state index contributed by atoms with van der Waals surface area (Å²) in [6, 6.07) is 11.6. The van der Waals surface area contributed by atoms with Crippen molar-refractivity contribution >= 4 is 5.97 Å². The van der Waals surface area contributed by atoms with Crippen molar-refractivity contribution < 1.29 is 32.2 Å². The van der Waals surface area contributed by atoms with Crippen molar-refractivity contribution in [3.63, 3.8) is 0 Å². The van der Waals surface area contributed by atoms with Crippen LogP contribution in [0.5, 0.6) is 5.75 Å². The van der Waals surface area contributed by atoms with E-state index in [0.29, 0.717) is 5.56 Å². The third-order valence-electron chi connectivity index (χ3n) is 3.52. The van der Waals surface area contributed by atoms with E-state index in [1.807, 2.05) is 6.07 Å². The first-order chi connectivity index (χ1) is 12.2. The van der Waals surface area contributed by atoms with Gasteiger partial charge in [0, 0.05) is 6.54 Å². The molecule has 0 saturated carbocycles. The highest BCUT2D eigenvalue weighted by Gasteiger charge is 2.29. The summed E-state index contributed by atoms with van der Waals surface area (Å²) in [5.41, 5.74) is 1.22. The normalized spacial score (nSPS) is 12.6. The largest absolute Gasteiger partial charge is 0.481 e. The Bertz CT molecular complexity index is 735. The predicted molar refractivity (Wildman–Crippen MR) is 86.4 cm³/mol. The molecule has 0 unspecified atom stereocenters. The molecule has 2 rings (SSSR count). The number of carboxylic acid groups (broad SMARTS) is 1. The quantitative estimate of drug-likeness (QED) is 0.697. The fourth-order valence-electron chi connectivity index (χ4n) is 2.27. The Morgan fingerprint density at radius 2 is 1.81 bits per heavy atom. The van der Waals surface area contributed by atoms with Crippen LogP contribution in [-0.2, 0) is 17.8 Å². The molecule has 1 atom stereocenters. The van der Waals surface area contributed by atoms with Crippen LogP contribution in [0.3, 0.4) is 0 Å². The molecule has 2 N–H and O–H groups in total. The number of carbonyl (C=O) groups is 1. The lowest BCUT2D eigenvalue weighted by atomic mass is 10.1. The molecular weight excluding hydrogens is 354 g/mol. The van der Waals surface area contributed by atoms with Gasteiger partial charge < -0.3 is 15.2 Å². The van der Waals surface area contributed by atoms with Crippen LogP contribution in [-0.4, -0.2) is 29.9 Å². The maximum absolute atomic E-state index is 13.8. The van der Waals surface area contributed by atoms with Gasteiger partial charge in [-0.05, 0) is 29.7 Å². The lowest BCUT2D eigenvalue weighted by Gasteiger charge is -2.15. The van der Waals surface area contributed by atoms with Gasteiger partial charge in [0.25, 0.3) is 0 Å². The molecule has 26 heavy (non-hydrogen) atoms. The Morgan fingerprint density at radius 1 is 1.12 bits per heavy atom. The van der Waals surface area contributed by atoms with Crippen LogP contribution in [0.15, 0.2) is 48.5 Å². The average molecular weight is 371 g/mol. The summed E-state index contributed by atoms with van der Waals surface area (Å²) in [6.07, 6.45) is -4.32. The van der Waals surface area contributed by atoms with Crippen LogP contribution in [0.4, 0.5) is 17.6 Å². The van der Waals surface area contributed by atoms with Gasteiger partial charge in [-0.3, -0.25) is 4.79 Å². The number of hydrogen-bond donors (Lipinski definition) is 2. The fourth-order valence-corrected chi connectivity index (χ4v) is 2.27. The summed E-state index contributed by atoms with van der Waals surface area (Å²) >= 11 is 0. The van der Waals surface area contributed by atoms with E-state index in [1.54, 1.807) is 24.3 Å². The van der Waals surface area contributed by atoms with Crippen LogP contribution in [0.1, 0.15) is 11.1 Å². The zero-order valence-corrected chi connectivity index (χ0v) is 13.6. The third-order valence-corrected chi connectivity index (χ3v) is 3.52. The van der Waals surface area contributed by atoms with Gasteiger partial charge in [-0.15, -0.1) is 0 Å². The summed E-state index contributed by atoms with van der Waals surface area (Å²) in [4.78, 5) is 11.4. The smallest absolute Gasteiger partial charge is 0.422 e. The monoisotopic (exact) mass is 371 g/mol. The Kier molecular flexibility index (Phi) is 6.57. The Hall–Kier alpha value is -2.61. The first-order valence-corrected chi connectivity index (χ1v) is 7.72. The molecule has 0 fully saturated rings. The molecule has 0 radical (unpaired) electrons. The minimum absolute atomic E-state index is 0.0419. The van der Waals surface area contributed by atoms with Gasteiger partial charge in [-0.25, -0.2) is 4.39 Å². The minimum atomic E-state index is -4.56. The summed E-state index contributed by atoms with van der Waals surface area (Å²) in [5.74, 6) is -2.51. The van der Waals surface area contributed by atoms with Crippen LogP contribution in [0, 0.1) is 5.82 Å². The number of nitrogens with one attached hydrogen (secondary N) is 1. The van der Waals surface area contributed by atoms with E-state index in [9.17, 15) is 27.5 Å². The van der Waals surface area contributed by atoms with Crippen molar-refractivity contribution in [3.05, 3.63) is 65.5 Å². The van der Waals surface area contributed by atoms with E-state index < -0.39 is 36.4 Å². The van der Waals surface area contributed by atoms with Gasteiger partial charge in [0.2, 0.25) is 0 Å². The van der Waals surface area contributed by atoms with Crippen molar-refractivity contribution in [2.24, 2.45) is 0 Å². The van der Waals surface area contributed by atoms with Gasteiger partial charge in [0.05, 0.1) is 0 Å². The number of halogens is 4. The fraction of sp³-hybridized carbons (Fsp3) is 0.278. The number of rotatable bonds is 8. The maximum Gasteiger partial charge on any atom is 0.422 e. The van der Waals surface area contributed by atoms with E-state index in [-0.39, 0.29) is 13.0 Å². The van der Waals surface area contributed by atoms with Crippen LogP contribution in [0.25, 0.3) is 0 Å². The molecule has 0 saturated heterocycles. The van der Waals surface area contributed by atoms with Gasteiger partial charge >= 0.3 is 12.1 Å². The Morgan fingerprint density at radius 3 is 2.38 bits per heavy atom. The van der Waals surface area contributed by atoms with Gasteiger partial charge in [0.15, 0.2) is 18.2 Å². The van der Waals surface area contributed by atoms with E-state index in [4.69, 9.17) is 0 Å². The molecule has 0 spiro atoms. The number of aliphatic carboxylic acids is 1. The molecule has 0 aliphatic carbocycles. The summed E-state index contributed by atoms with van der Waals surface area (Å²) in [5, 5.41) is 12.1. The van der Waals surface area contributed by atoms with Crippen molar-refractivity contribution in [2.75, 3.05) is 6.61 Å². The molecule has 0 aliphatic rings.